The first-order chi connectivity index (χ1) is 20.5. The predicted octanol–water partition coefficient (Wildman–Crippen LogP) is -0.818. The van der Waals surface area contributed by atoms with Crippen LogP contribution in [0.2, 0.25) is 0 Å². The molecule has 3 aromatic rings. The Morgan fingerprint density at radius 3 is 2.48 bits per heavy atom. The third-order valence-electron chi connectivity index (χ3n) is 5.79. The molecule has 0 radical (unpaired) electrons. The van der Waals surface area contributed by atoms with E-state index in [9.17, 15) is 47.2 Å². The van der Waals surface area contributed by atoms with E-state index in [1.807, 2.05) is 0 Å². The van der Waals surface area contributed by atoms with E-state index in [0.717, 1.165) is 48.8 Å². The van der Waals surface area contributed by atoms with Crippen LogP contribution in [-0.2, 0) is 34.3 Å². The number of carbonyl (C=O) groups excluding carboxylic acids is 3. The smallest absolute Gasteiger partial charge is 0.362 e. The number of anilines is 1. The zero-order chi connectivity index (χ0) is 32.6. The maximum absolute atomic E-state index is 13.1. The summed E-state index contributed by atoms with van der Waals surface area (Å²) in [7, 11) is -5.17. The van der Waals surface area contributed by atoms with Gasteiger partial charge in [0.2, 0.25) is 11.0 Å². The Bertz CT molecular complexity index is 1850. The van der Waals surface area contributed by atoms with E-state index in [-0.39, 0.29) is 31.5 Å². The first-order valence-corrected chi connectivity index (χ1v) is 15.0. The van der Waals surface area contributed by atoms with Gasteiger partial charge in [0.25, 0.3) is 11.8 Å². The molecule has 1 aliphatic rings. The number of aliphatic carboxylic acids is 1. The fourth-order valence-electron chi connectivity index (χ4n) is 3.45. The fraction of sp³-hybridized carbons (Fsp3) is 0.273. The van der Waals surface area contributed by atoms with Gasteiger partial charge in [0.1, 0.15) is 29.4 Å². The summed E-state index contributed by atoms with van der Waals surface area (Å²) in [5.74, 6) is -5.51. The second-order valence-corrected chi connectivity index (χ2v) is 12.3. The molecular weight excluding hydrogens is 650 g/mol. The number of carboxylic acid groups (broad SMARTS) is 1. The van der Waals surface area contributed by atoms with Gasteiger partial charge in [-0.15, -0.1) is 22.7 Å². The molecule has 0 saturated carbocycles. The van der Waals surface area contributed by atoms with Crippen LogP contribution >= 0.6 is 22.7 Å². The van der Waals surface area contributed by atoms with Crippen molar-refractivity contribution in [3.8, 4) is 16.5 Å². The van der Waals surface area contributed by atoms with Crippen molar-refractivity contribution in [2.24, 2.45) is 5.16 Å². The third kappa shape index (κ3) is 6.66. The van der Waals surface area contributed by atoms with E-state index in [2.05, 4.69) is 25.4 Å². The number of nitrogens with one attached hydrogen (secondary N) is 2. The van der Waals surface area contributed by atoms with Crippen LogP contribution < -0.4 is 16.5 Å². The topological polar surface area (TPSA) is 294 Å². The van der Waals surface area contributed by atoms with Crippen molar-refractivity contribution in [2.45, 2.75) is 31.5 Å². The lowest BCUT2D eigenvalue weighted by molar-refractivity contribution is -0.161. The highest BCUT2D eigenvalue weighted by atomic mass is 32.2. The van der Waals surface area contributed by atoms with Gasteiger partial charge >= 0.3 is 22.2 Å². The number of oxime groups is 1. The van der Waals surface area contributed by atoms with Crippen molar-refractivity contribution in [3.63, 3.8) is 0 Å². The number of carboxylic acids is 1. The summed E-state index contributed by atoms with van der Waals surface area (Å²) < 4.78 is 38.3. The van der Waals surface area contributed by atoms with Gasteiger partial charge in [0.05, 0.1) is 5.69 Å². The highest BCUT2D eigenvalue weighted by Crippen LogP contribution is 2.26. The molecule has 0 spiro atoms. The number of nitrogen functional groups attached to an aromatic ring is 1. The van der Waals surface area contributed by atoms with Crippen molar-refractivity contribution >= 4 is 67.6 Å². The zero-order valence-electron chi connectivity index (χ0n) is 22.3. The first-order valence-electron chi connectivity index (χ1n) is 11.9. The van der Waals surface area contributed by atoms with Crippen molar-refractivity contribution in [1.29, 1.82) is 0 Å². The molecule has 22 heteroatoms. The lowest BCUT2D eigenvalue weighted by Crippen LogP contribution is -2.73. The van der Waals surface area contributed by atoms with Crippen LogP contribution in [0, 0.1) is 0 Å². The molecule has 3 aromatic heterocycles. The van der Waals surface area contributed by atoms with Gasteiger partial charge in [-0.1, -0.05) is 5.16 Å². The Kier molecular flexibility index (Phi) is 8.71. The first kappa shape index (κ1) is 32.0. The fourth-order valence-corrected chi connectivity index (χ4v) is 5.63. The van der Waals surface area contributed by atoms with Crippen molar-refractivity contribution in [3.05, 3.63) is 44.6 Å². The number of H-pyrrole nitrogens is 1. The molecule has 44 heavy (non-hydrogen) atoms. The minimum Gasteiger partial charge on any atom is -0.503 e. The van der Waals surface area contributed by atoms with E-state index < -0.39 is 75.2 Å². The van der Waals surface area contributed by atoms with Crippen LogP contribution in [-0.4, -0.2) is 96.2 Å². The summed E-state index contributed by atoms with van der Waals surface area (Å²) >= 11 is 1.83. The summed E-state index contributed by atoms with van der Waals surface area (Å²) in [6.07, 6.45) is 1.03. The molecule has 0 unspecified atom stereocenters. The van der Waals surface area contributed by atoms with Crippen LogP contribution in [0.5, 0.6) is 5.75 Å². The quantitative estimate of drug-likeness (QED) is 0.0477. The molecule has 2 amide bonds. The number of aromatic hydroxyl groups is 1. The van der Waals surface area contributed by atoms with Crippen molar-refractivity contribution in [2.75, 3.05) is 12.3 Å². The lowest BCUT2D eigenvalue weighted by atomic mass is 9.99. The Morgan fingerprint density at radius 1 is 1.20 bits per heavy atom. The number of hydrogen-bond donors (Lipinski definition) is 6. The summed E-state index contributed by atoms with van der Waals surface area (Å²) in [6, 6.07) is -2.26. The van der Waals surface area contributed by atoms with E-state index in [0.29, 0.717) is 0 Å². The van der Waals surface area contributed by atoms with E-state index >= 15 is 0 Å². The van der Waals surface area contributed by atoms with Crippen LogP contribution in [0.15, 0.2) is 33.0 Å². The Morgan fingerprint density at radius 2 is 1.89 bits per heavy atom. The molecule has 4 rings (SSSR count). The van der Waals surface area contributed by atoms with E-state index in [4.69, 9.17) is 15.3 Å². The number of amides is 2. The van der Waals surface area contributed by atoms with Gasteiger partial charge < -0.3 is 35.8 Å². The number of aromatic nitrogens is 3. The van der Waals surface area contributed by atoms with Gasteiger partial charge in [-0.2, -0.15) is 8.42 Å². The van der Waals surface area contributed by atoms with Gasteiger partial charge in [0, 0.05) is 23.0 Å². The van der Waals surface area contributed by atoms with Gasteiger partial charge in [-0.05, 0) is 13.8 Å². The number of carbonyl (C=O) groups is 4. The molecule has 1 aliphatic heterocycles. The Balaban J connectivity index is 1.52. The highest BCUT2D eigenvalue weighted by molar-refractivity contribution is 7.84. The number of aromatic amines is 1. The van der Waals surface area contributed by atoms with Gasteiger partial charge in [-0.3, -0.25) is 18.9 Å². The molecule has 4 heterocycles. The van der Waals surface area contributed by atoms with Crippen LogP contribution in [0.25, 0.3) is 10.7 Å². The van der Waals surface area contributed by atoms with Crippen LogP contribution in [0.3, 0.4) is 0 Å². The predicted molar refractivity (Wildman–Crippen MR) is 150 cm³/mol. The summed E-state index contributed by atoms with van der Waals surface area (Å²) in [5.41, 5.74) is 2.14. The molecule has 7 N–H and O–H groups in total. The van der Waals surface area contributed by atoms with E-state index in [1.165, 1.54) is 10.8 Å². The molecule has 0 aliphatic carbocycles. The summed E-state index contributed by atoms with van der Waals surface area (Å²) in [5, 5.41) is 27.1. The van der Waals surface area contributed by atoms with Crippen molar-refractivity contribution in [1.82, 2.24) is 24.6 Å². The number of thiazole rings is 2. The lowest BCUT2D eigenvalue weighted by Gasteiger charge is -2.43. The Labute approximate surface area is 253 Å². The third-order valence-corrected chi connectivity index (χ3v) is 8.28. The average molecular weight is 672 g/mol. The molecule has 234 valence electrons. The number of nitrogens with zero attached hydrogens (tertiary/aromatic N) is 4. The van der Waals surface area contributed by atoms with Crippen LogP contribution in [0.4, 0.5) is 5.13 Å². The molecule has 2 atom stereocenters. The monoisotopic (exact) mass is 671 g/mol. The molecule has 1 saturated heterocycles. The van der Waals surface area contributed by atoms with Crippen molar-refractivity contribution < 1.29 is 51.9 Å². The molecule has 19 nitrogen and oxygen atoms in total. The van der Waals surface area contributed by atoms with Gasteiger partial charge in [0.15, 0.2) is 22.3 Å². The number of hydrogen-bond acceptors (Lipinski definition) is 16. The number of nitrogens with two attached hydrogens (primary N) is 1. The molecule has 1 fully saturated rings. The van der Waals surface area contributed by atoms with Crippen LogP contribution in [0.1, 0.15) is 30.0 Å². The molecule has 0 aromatic carbocycles. The number of ether oxygens (including phenoxy) is 1. The number of esters is 1. The molecule has 0 bridgehead atoms. The highest BCUT2D eigenvalue weighted by Gasteiger charge is 2.55. The second-order valence-electron chi connectivity index (χ2n) is 9.28. The summed E-state index contributed by atoms with van der Waals surface area (Å²) in [6.45, 7) is 1.43. The SMILES string of the molecule is CC(C)(O/N=C(\C(=O)N[C@@H]1C(=O)N(S(=O)(=O)O)[C@@H]1COC(=O)c1csc(-c2cc(=O)c(O)c[nH]2)n1)c1csc(N)n1)C(=O)O. The normalized spacial score (nSPS) is 17.1. The number of rotatable bonds is 11. The largest absolute Gasteiger partial charge is 0.503 e. The number of β-lactam (4-membered cyclic amide) rings is 1. The standard InChI is InChI=1S/C22H21N7O12S3/c1-22(2,20(35)36)41-28-14(9-6-43-21(23)26-9)16(32)27-15-11(29(18(15)33)44(37,38)39)5-40-19(34)10-7-42-17(25-10)8-3-12(30)13(31)4-24-8/h3-4,6-7,11,15,31H,5H2,1-2H3,(H2,23,26)(H,24,30)(H,27,32)(H,35,36)(H,37,38,39)/b28-14-/t11-,15+/m1/s1. The van der Waals surface area contributed by atoms with E-state index in [1.54, 1.807) is 0 Å². The maximum atomic E-state index is 13.1. The molecular formula is C22H21N7O12S3. The second kappa shape index (κ2) is 12.0. The minimum atomic E-state index is -5.17. The Hall–Kier alpha value is -4.93. The average Bonchev–Trinajstić information content (AvgIpc) is 3.60. The van der Waals surface area contributed by atoms with Gasteiger partial charge in [-0.25, -0.2) is 23.9 Å². The number of pyridine rings is 1. The minimum absolute atomic E-state index is 0.00187. The summed E-state index contributed by atoms with van der Waals surface area (Å²) in [4.78, 5) is 77.0. The zero-order valence-corrected chi connectivity index (χ0v) is 24.7. The maximum Gasteiger partial charge on any atom is 0.362 e.